The normalized spacial score (nSPS) is 17.9. The molecular formula is C12H14N2OS. The van der Waals surface area contributed by atoms with Crippen LogP contribution in [0, 0.1) is 5.92 Å². The Labute approximate surface area is 98.2 Å². The number of thiazole rings is 1. The summed E-state index contributed by atoms with van der Waals surface area (Å²) in [7, 11) is 0. The molecule has 0 aromatic carbocycles. The lowest BCUT2D eigenvalue weighted by Crippen LogP contribution is -1.93. The van der Waals surface area contributed by atoms with Crippen molar-refractivity contribution in [3.63, 3.8) is 0 Å². The number of pyridine rings is 1. The van der Waals surface area contributed by atoms with Gasteiger partial charge < -0.3 is 5.11 Å². The first kappa shape index (κ1) is 10.2. The summed E-state index contributed by atoms with van der Waals surface area (Å²) in [6, 6.07) is 3.81. The summed E-state index contributed by atoms with van der Waals surface area (Å²) in [6.07, 6.45) is 3.30. The van der Waals surface area contributed by atoms with Gasteiger partial charge in [-0.15, -0.1) is 0 Å². The molecule has 2 aromatic heterocycles. The fourth-order valence-electron chi connectivity index (χ4n) is 1.77. The van der Waals surface area contributed by atoms with Gasteiger partial charge in [0.2, 0.25) is 0 Å². The minimum Gasteiger partial charge on any atom is -0.387 e. The highest BCUT2D eigenvalue weighted by Gasteiger charge is 2.23. The molecule has 2 aromatic rings. The van der Waals surface area contributed by atoms with E-state index in [1.165, 1.54) is 17.8 Å². The third-order valence-electron chi connectivity index (χ3n) is 2.91. The van der Waals surface area contributed by atoms with Gasteiger partial charge in [-0.2, -0.15) is 0 Å². The molecule has 3 nitrogen and oxygen atoms in total. The summed E-state index contributed by atoms with van der Waals surface area (Å²) in [5.41, 5.74) is 1.69. The summed E-state index contributed by atoms with van der Waals surface area (Å²) in [5.74, 6) is 0.858. The van der Waals surface area contributed by atoms with Crippen LogP contribution in [0.15, 0.2) is 12.1 Å². The standard InChI is InChI=1S/C12H14N2OS/c1-7(15)9-4-5-10-12(14-9)16-11(13-10)6-8-2-3-8/h4-5,7-8,15H,2-3,6H2,1H3. The summed E-state index contributed by atoms with van der Waals surface area (Å²) in [5, 5.41) is 10.7. The lowest BCUT2D eigenvalue weighted by atomic mass is 10.2. The number of aromatic nitrogens is 2. The first-order valence-electron chi connectivity index (χ1n) is 5.67. The Morgan fingerprint density at radius 1 is 1.44 bits per heavy atom. The van der Waals surface area contributed by atoms with Gasteiger partial charge in [0.1, 0.15) is 10.3 Å². The predicted octanol–water partition coefficient (Wildman–Crippen LogP) is 2.70. The summed E-state index contributed by atoms with van der Waals surface area (Å²) in [6.45, 7) is 1.74. The van der Waals surface area contributed by atoms with Gasteiger partial charge in [0.05, 0.1) is 16.8 Å². The Bertz CT molecular complexity index is 517. The highest BCUT2D eigenvalue weighted by Crippen LogP contribution is 2.34. The van der Waals surface area contributed by atoms with E-state index in [9.17, 15) is 5.11 Å². The summed E-state index contributed by atoms with van der Waals surface area (Å²) < 4.78 is 0. The van der Waals surface area contributed by atoms with Crippen LogP contribution in [0.4, 0.5) is 0 Å². The van der Waals surface area contributed by atoms with Gasteiger partial charge >= 0.3 is 0 Å². The quantitative estimate of drug-likeness (QED) is 0.888. The summed E-state index contributed by atoms with van der Waals surface area (Å²) >= 11 is 1.66. The van der Waals surface area contributed by atoms with Gasteiger partial charge in [0, 0.05) is 6.42 Å². The van der Waals surface area contributed by atoms with Gasteiger partial charge in [0.15, 0.2) is 0 Å². The van der Waals surface area contributed by atoms with Gasteiger partial charge in [-0.3, -0.25) is 0 Å². The van der Waals surface area contributed by atoms with E-state index >= 15 is 0 Å². The highest BCUT2D eigenvalue weighted by atomic mass is 32.1. The molecule has 0 bridgehead atoms. The molecule has 16 heavy (non-hydrogen) atoms. The zero-order chi connectivity index (χ0) is 11.1. The Hall–Kier alpha value is -1.00. The van der Waals surface area contributed by atoms with E-state index in [1.807, 2.05) is 12.1 Å². The highest BCUT2D eigenvalue weighted by molar-refractivity contribution is 7.18. The molecule has 0 radical (unpaired) electrons. The minimum absolute atomic E-state index is 0.501. The van der Waals surface area contributed by atoms with Crippen LogP contribution in [0.5, 0.6) is 0 Å². The Morgan fingerprint density at radius 3 is 2.94 bits per heavy atom. The molecule has 3 rings (SSSR count). The average molecular weight is 234 g/mol. The van der Waals surface area contributed by atoms with Crippen LogP contribution in [0.1, 0.15) is 36.6 Å². The lowest BCUT2D eigenvalue weighted by Gasteiger charge is -2.01. The number of aliphatic hydroxyl groups is 1. The third kappa shape index (κ3) is 1.95. The van der Waals surface area contributed by atoms with E-state index in [1.54, 1.807) is 18.3 Å². The second-order valence-corrected chi connectivity index (χ2v) is 5.55. The third-order valence-corrected chi connectivity index (χ3v) is 3.90. The lowest BCUT2D eigenvalue weighted by molar-refractivity contribution is 0.195. The molecule has 1 unspecified atom stereocenters. The molecule has 0 saturated heterocycles. The fourth-order valence-corrected chi connectivity index (χ4v) is 2.82. The molecule has 1 aliphatic carbocycles. The van der Waals surface area contributed by atoms with Crippen molar-refractivity contribution in [2.75, 3.05) is 0 Å². The van der Waals surface area contributed by atoms with Crippen molar-refractivity contribution in [1.29, 1.82) is 0 Å². The molecule has 0 aliphatic heterocycles. The van der Waals surface area contributed by atoms with Crippen LogP contribution in [-0.4, -0.2) is 15.1 Å². The molecule has 1 atom stereocenters. The second kappa shape index (κ2) is 3.79. The summed E-state index contributed by atoms with van der Waals surface area (Å²) in [4.78, 5) is 9.95. The van der Waals surface area contributed by atoms with Gasteiger partial charge in [0.25, 0.3) is 0 Å². The number of hydrogen-bond acceptors (Lipinski definition) is 4. The molecule has 4 heteroatoms. The maximum absolute atomic E-state index is 9.47. The van der Waals surface area contributed by atoms with Crippen molar-refractivity contribution in [2.24, 2.45) is 5.92 Å². The first-order chi connectivity index (χ1) is 7.72. The van der Waals surface area contributed by atoms with Crippen LogP contribution in [0.25, 0.3) is 10.3 Å². The van der Waals surface area contributed by atoms with E-state index in [-0.39, 0.29) is 0 Å². The number of fused-ring (bicyclic) bond motifs is 1. The Kier molecular flexibility index (Phi) is 2.41. The molecule has 1 saturated carbocycles. The van der Waals surface area contributed by atoms with Gasteiger partial charge in [-0.25, -0.2) is 9.97 Å². The van der Waals surface area contributed by atoms with Crippen LogP contribution >= 0.6 is 11.3 Å². The Balaban J connectivity index is 1.96. The number of hydrogen-bond donors (Lipinski definition) is 1. The topological polar surface area (TPSA) is 46.0 Å². The van der Waals surface area contributed by atoms with E-state index in [0.29, 0.717) is 0 Å². The predicted molar refractivity (Wildman–Crippen MR) is 64.5 cm³/mol. The largest absolute Gasteiger partial charge is 0.387 e. The van der Waals surface area contributed by atoms with E-state index in [0.717, 1.165) is 28.4 Å². The van der Waals surface area contributed by atoms with Crippen LogP contribution < -0.4 is 0 Å². The van der Waals surface area contributed by atoms with E-state index in [2.05, 4.69) is 9.97 Å². The zero-order valence-electron chi connectivity index (χ0n) is 9.18. The van der Waals surface area contributed by atoms with Crippen LogP contribution in [-0.2, 0) is 6.42 Å². The minimum atomic E-state index is -0.501. The zero-order valence-corrected chi connectivity index (χ0v) is 10.00. The average Bonchev–Trinajstić information content (AvgIpc) is 2.96. The number of nitrogens with zero attached hydrogens (tertiary/aromatic N) is 2. The molecular weight excluding hydrogens is 220 g/mol. The molecule has 84 valence electrons. The fraction of sp³-hybridized carbons (Fsp3) is 0.500. The molecule has 1 fully saturated rings. The van der Waals surface area contributed by atoms with Gasteiger partial charge in [-0.05, 0) is 37.8 Å². The molecule has 1 aliphatic rings. The molecule has 2 heterocycles. The second-order valence-electron chi connectivity index (χ2n) is 4.49. The van der Waals surface area contributed by atoms with Crippen molar-refractivity contribution < 1.29 is 5.11 Å². The maximum Gasteiger partial charge on any atom is 0.143 e. The molecule has 0 amide bonds. The van der Waals surface area contributed by atoms with Crippen LogP contribution in [0.3, 0.4) is 0 Å². The van der Waals surface area contributed by atoms with Crippen molar-refractivity contribution in [1.82, 2.24) is 9.97 Å². The smallest absolute Gasteiger partial charge is 0.143 e. The molecule has 0 spiro atoms. The van der Waals surface area contributed by atoms with Crippen molar-refractivity contribution in [2.45, 2.75) is 32.3 Å². The van der Waals surface area contributed by atoms with Gasteiger partial charge in [-0.1, -0.05) is 11.3 Å². The van der Waals surface area contributed by atoms with Crippen molar-refractivity contribution in [3.05, 3.63) is 22.8 Å². The maximum atomic E-state index is 9.47. The first-order valence-corrected chi connectivity index (χ1v) is 6.48. The van der Waals surface area contributed by atoms with Crippen LogP contribution in [0.2, 0.25) is 0 Å². The number of aliphatic hydroxyl groups excluding tert-OH is 1. The van der Waals surface area contributed by atoms with Crippen molar-refractivity contribution in [3.8, 4) is 0 Å². The SMILES string of the molecule is CC(O)c1ccc2nc(CC3CC3)sc2n1. The molecule has 1 N–H and O–H groups in total. The van der Waals surface area contributed by atoms with E-state index in [4.69, 9.17) is 0 Å². The Morgan fingerprint density at radius 2 is 2.25 bits per heavy atom. The van der Waals surface area contributed by atoms with E-state index < -0.39 is 6.10 Å². The van der Waals surface area contributed by atoms with Crippen molar-refractivity contribution >= 4 is 21.7 Å². The monoisotopic (exact) mass is 234 g/mol. The number of rotatable bonds is 3.